The van der Waals surface area contributed by atoms with E-state index in [2.05, 4.69) is 16.9 Å². The molecule has 0 aliphatic heterocycles. The van der Waals surface area contributed by atoms with Gasteiger partial charge in [-0.2, -0.15) is 0 Å². The van der Waals surface area contributed by atoms with E-state index in [4.69, 9.17) is 5.53 Å². The highest BCUT2D eigenvalue weighted by molar-refractivity contribution is 5.05. The Kier molecular flexibility index (Phi) is 2.91. The molecule has 0 N–H and O–H groups in total. The summed E-state index contributed by atoms with van der Waals surface area (Å²) in [6.45, 7) is 2.13. The molecule has 4 bridgehead atoms. The van der Waals surface area contributed by atoms with Gasteiger partial charge in [0.25, 0.3) is 0 Å². The van der Waals surface area contributed by atoms with Gasteiger partial charge in [0.05, 0.1) is 0 Å². The largest absolute Gasteiger partial charge is 0.0903 e. The fourth-order valence-corrected chi connectivity index (χ4v) is 4.89. The molecule has 4 saturated carbocycles. The van der Waals surface area contributed by atoms with E-state index in [0.29, 0.717) is 5.41 Å². The highest BCUT2D eigenvalue weighted by Crippen LogP contribution is 2.61. The number of rotatable bonds is 2. The van der Waals surface area contributed by atoms with E-state index in [9.17, 15) is 0 Å². The molecule has 90 valence electrons. The van der Waals surface area contributed by atoms with Gasteiger partial charge in [-0.15, -0.1) is 0 Å². The summed E-state index contributed by atoms with van der Waals surface area (Å²) in [6.07, 6.45) is 8.38. The molecule has 0 aromatic carbocycles. The van der Waals surface area contributed by atoms with Crippen molar-refractivity contribution in [2.45, 2.75) is 58.9 Å². The third-order valence-electron chi connectivity index (χ3n) is 5.20. The summed E-state index contributed by atoms with van der Waals surface area (Å²) in [5.74, 6) is 2.85. The van der Waals surface area contributed by atoms with E-state index in [1.54, 1.807) is 0 Å². The summed E-state index contributed by atoms with van der Waals surface area (Å²) in [6, 6.07) is 0.218. The SMILES string of the molecule is C.CC(N=[N+]=[N-])C12CC3CC(CC(C3)C1)C2. The standard InChI is InChI=1S/C12H19N3.CH4/c1-8(14-15-13)12-5-9-2-10(6-12)4-11(3-9)7-12;/h8-11H,2-7H2,1H3;1H4. The minimum atomic E-state index is 0. The molecule has 3 heteroatoms. The van der Waals surface area contributed by atoms with Crippen molar-refractivity contribution < 1.29 is 0 Å². The average molecular weight is 221 g/mol. The Morgan fingerprint density at radius 1 is 1.12 bits per heavy atom. The lowest BCUT2D eigenvalue weighted by molar-refractivity contribution is -0.0636. The summed E-state index contributed by atoms with van der Waals surface area (Å²) in [5, 5.41) is 4.00. The Labute approximate surface area is 98.2 Å². The van der Waals surface area contributed by atoms with Crippen molar-refractivity contribution >= 4 is 0 Å². The molecule has 0 amide bonds. The van der Waals surface area contributed by atoms with Gasteiger partial charge in [0.2, 0.25) is 0 Å². The molecule has 16 heavy (non-hydrogen) atoms. The van der Waals surface area contributed by atoms with Gasteiger partial charge in [-0.05, 0) is 67.2 Å². The molecular formula is C13H23N3. The Balaban J connectivity index is 0.000000963. The molecule has 0 heterocycles. The first-order chi connectivity index (χ1) is 7.22. The molecule has 3 nitrogen and oxygen atoms in total. The third-order valence-corrected chi connectivity index (χ3v) is 5.20. The van der Waals surface area contributed by atoms with Crippen molar-refractivity contribution in [3.63, 3.8) is 0 Å². The molecule has 4 aliphatic rings. The maximum absolute atomic E-state index is 8.60. The molecule has 4 aliphatic carbocycles. The van der Waals surface area contributed by atoms with Crippen LogP contribution in [0.2, 0.25) is 0 Å². The summed E-state index contributed by atoms with van der Waals surface area (Å²) in [5.41, 5.74) is 8.99. The van der Waals surface area contributed by atoms with E-state index in [1.807, 2.05) is 0 Å². The Morgan fingerprint density at radius 2 is 1.56 bits per heavy atom. The number of azide groups is 1. The minimum absolute atomic E-state index is 0. The van der Waals surface area contributed by atoms with E-state index in [-0.39, 0.29) is 13.5 Å². The second-order valence-corrected chi connectivity index (χ2v) is 6.16. The van der Waals surface area contributed by atoms with E-state index >= 15 is 0 Å². The van der Waals surface area contributed by atoms with Crippen LogP contribution in [0, 0.1) is 23.2 Å². The smallest absolute Gasteiger partial charge is 0.0402 e. The van der Waals surface area contributed by atoms with Crippen LogP contribution in [0.25, 0.3) is 10.4 Å². The minimum Gasteiger partial charge on any atom is -0.0903 e. The average Bonchev–Trinajstić information content (AvgIpc) is 2.15. The van der Waals surface area contributed by atoms with Crippen LogP contribution in [-0.2, 0) is 0 Å². The van der Waals surface area contributed by atoms with Crippen molar-refractivity contribution in [1.29, 1.82) is 0 Å². The predicted octanol–water partition coefficient (Wildman–Crippen LogP) is 4.54. The van der Waals surface area contributed by atoms with Crippen molar-refractivity contribution in [1.82, 2.24) is 0 Å². The van der Waals surface area contributed by atoms with Gasteiger partial charge >= 0.3 is 0 Å². The Morgan fingerprint density at radius 3 is 1.94 bits per heavy atom. The molecule has 4 rings (SSSR count). The summed E-state index contributed by atoms with van der Waals surface area (Å²) in [7, 11) is 0. The monoisotopic (exact) mass is 221 g/mol. The van der Waals surface area contributed by atoms with Crippen molar-refractivity contribution in [3.8, 4) is 0 Å². The predicted molar refractivity (Wildman–Crippen MR) is 65.9 cm³/mol. The van der Waals surface area contributed by atoms with Gasteiger partial charge in [-0.3, -0.25) is 0 Å². The number of nitrogens with zero attached hydrogens (tertiary/aromatic N) is 3. The molecule has 0 aromatic heterocycles. The second kappa shape index (κ2) is 3.96. The van der Waals surface area contributed by atoms with E-state index in [0.717, 1.165) is 17.8 Å². The molecule has 4 fully saturated rings. The van der Waals surface area contributed by atoms with Crippen LogP contribution >= 0.6 is 0 Å². The molecule has 1 unspecified atom stereocenters. The van der Waals surface area contributed by atoms with Gasteiger partial charge in [0, 0.05) is 11.0 Å². The fraction of sp³-hybridized carbons (Fsp3) is 1.00. The van der Waals surface area contributed by atoms with Crippen molar-refractivity contribution in [3.05, 3.63) is 10.4 Å². The maximum Gasteiger partial charge on any atom is 0.0402 e. The third kappa shape index (κ3) is 1.62. The highest BCUT2D eigenvalue weighted by Gasteiger charge is 2.52. The van der Waals surface area contributed by atoms with Gasteiger partial charge in [-0.1, -0.05) is 19.5 Å². The molecule has 0 saturated heterocycles. The number of hydrogen-bond acceptors (Lipinski definition) is 1. The van der Waals surface area contributed by atoms with Crippen molar-refractivity contribution in [2.24, 2.45) is 28.3 Å². The molecule has 0 spiro atoms. The van der Waals surface area contributed by atoms with Crippen LogP contribution in [-0.4, -0.2) is 6.04 Å². The first kappa shape index (κ1) is 11.8. The zero-order valence-corrected chi connectivity index (χ0v) is 9.39. The Bertz CT molecular complexity index is 282. The molecule has 0 radical (unpaired) electrons. The summed E-state index contributed by atoms with van der Waals surface area (Å²) < 4.78 is 0. The topological polar surface area (TPSA) is 48.8 Å². The molecular weight excluding hydrogens is 198 g/mol. The van der Waals surface area contributed by atoms with Crippen LogP contribution in [0.1, 0.15) is 52.9 Å². The van der Waals surface area contributed by atoms with Gasteiger partial charge < -0.3 is 0 Å². The summed E-state index contributed by atoms with van der Waals surface area (Å²) in [4.78, 5) is 3.02. The lowest BCUT2D eigenvalue weighted by Gasteiger charge is -2.58. The van der Waals surface area contributed by atoms with Crippen LogP contribution in [0.5, 0.6) is 0 Å². The van der Waals surface area contributed by atoms with Crippen LogP contribution in [0.15, 0.2) is 5.11 Å². The normalized spacial score (nSPS) is 45.7. The second-order valence-electron chi connectivity index (χ2n) is 6.16. The van der Waals surface area contributed by atoms with Gasteiger partial charge in [0.1, 0.15) is 0 Å². The van der Waals surface area contributed by atoms with E-state index in [1.165, 1.54) is 38.5 Å². The van der Waals surface area contributed by atoms with Crippen LogP contribution in [0.3, 0.4) is 0 Å². The molecule has 1 atom stereocenters. The fourth-order valence-electron chi connectivity index (χ4n) is 4.89. The first-order valence-electron chi connectivity index (χ1n) is 6.26. The quantitative estimate of drug-likeness (QED) is 0.373. The van der Waals surface area contributed by atoms with Gasteiger partial charge in [0.15, 0.2) is 0 Å². The summed E-state index contributed by atoms with van der Waals surface area (Å²) >= 11 is 0. The lowest BCUT2D eigenvalue weighted by Crippen LogP contribution is -2.50. The van der Waals surface area contributed by atoms with Crippen molar-refractivity contribution in [2.75, 3.05) is 0 Å². The molecule has 0 aromatic rings. The maximum atomic E-state index is 8.60. The van der Waals surface area contributed by atoms with Crippen LogP contribution < -0.4 is 0 Å². The first-order valence-corrected chi connectivity index (χ1v) is 6.26. The van der Waals surface area contributed by atoms with Crippen LogP contribution in [0.4, 0.5) is 0 Å². The van der Waals surface area contributed by atoms with E-state index < -0.39 is 0 Å². The van der Waals surface area contributed by atoms with Gasteiger partial charge in [-0.25, -0.2) is 0 Å². The highest BCUT2D eigenvalue weighted by atomic mass is 15.2. The Hall–Kier alpha value is -0.690. The number of hydrogen-bond donors (Lipinski definition) is 0. The zero-order chi connectivity index (χ0) is 10.5. The lowest BCUT2D eigenvalue weighted by atomic mass is 9.48. The zero-order valence-electron chi connectivity index (χ0n) is 9.39.